The van der Waals surface area contributed by atoms with Gasteiger partial charge < -0.3 is 14.9 Å². The van der Waals surface area contributed by atoms with Crippen molar-refractivity contribution in [2.75, 3.05) is 31.1 Å². The minimum absolute atomic E-state index is 0.0567. The summed E-state index contributed by atoms with van der Waals surface area (Å²) in [4.78, 5) is 25.6. The lowest BCUT2D eigenvalue weighted by atomic mass is 10.1. The summed E-state index contributed by atoms with van der Waals surface area (Å²) in [6.45, 7) is 1.57. The molecule has 23 heavy (non-hydrogen) atoms. The number of aliphatic carboxylic acids is 1. The van der Waals surface area contributed by atoms with Gasteiger partial charge in [0.15, 0.2) is 0 Å². The molecule has 1 fully saturated rings. The van der Waals surface area contributed by atoms with Crippen molar-refractivity contribution < 1.29 is 27.9 Å². The molecule has 126 valence electrons. The van der Waals surface area contributed by atoms with Crippen LogP contribution in [0.3, 0.4) is 0 Å². The van der Waals surface area contributed by atoms with Crippen molar-refractivity contribution in [3.05, 3.63) is 29.8 Å². The molecule has 1 N–H and O–H groups in total. The molecule has 1 aliphatic rings. The number of rotatable bonds is 4. The van der Waals surface area contributed by atoms with E-state index in [2.05, 4.69) is 0 Å². The first-order chi connectivity index (χ1) is 10.8. The third kappa shape index (κ3) is 4.61. The van der Waals surface area contributed by atoms with Gasteiger partial charge in [0.25, 0.3) is 0 Å². The average Bonchev–Trinajstić information content (AvgIpc) is 2.52. The summed E-state index contributed by atoms with van der Waals surface area (Å²) in [5, 5.41) is 8.57. The van der Waals surface area contributed by atoms with Gasteiger partial charge in [0.05, 0.1) is 12.0 Å². The standard InChI is InChI=1S/C15H17F3N2O3/c16-15(17,18)11-2-1-3-12(10-11)19-6-8-20(9-7-19)13(21)4-5-14(22)23/h1-3,10H,4-9H2,(H,22,23). The predicted molar refractivity (Wildman–Crippen MR) is 77.1 cm³/mol. The van der Waals surface area contributed by atoms with Crippen LogP contribution in [0.1, 0.15) is 18.4 Å². The van der Waals surface area contributed by atoms with Crippen LogP contribution in [-0.4, -0.2) is 48.1 Å². The van der Waals surface area contributed by atoms with E-state index in [1.807, 2.05) is 0 Å². The zero-order valence-corrected chi connectivity index (χ0v) is 12.3. The summed E-state index contributed by atoms with van der Waals surface area (Å²) in [6, 6.07) is 5.09. The van der Waals surface area contributed by atoms with Crippen LogP contribution in [0, 0.1) is 0 Å². The lowest BCUT2D eigenvalue weighted by Crippen LogP contribution is -2.48. The second-order valence-electron chi connectivity index (χ2n) is 5.31. The van der Waals surface area contributed by atoms with E-state index in [4.69, 9.17) is 5.11 Å². The van der Waals surface area contributed by atoms with Crippen LogP contribution < -0.4 is 4.90 Å². The largest absolute Gasteiger partial charge is 0.481 e. The summed E-state index contributed by atoms with van der Waals surface area (Å²) in [7, 11) is 0. The van der Waals surface area contributed by atoms with Gasteiger partial charge in [-0.25, -0.2) is 0 Å². The van der Waals surface area contributed by atoms with Crippen molar-refractivity contribution in [2.24, 2.45) is 0 Å². The van der Waals surface area contributed by atoms with Crippen molar-refractivity contribution in [3.8, 4) is 0 Å². The smallest absolute Gasteiger partial charge is 0.416 e. The van der Waals surface area contributed by atoms with Gasteiger partial charge in [-0.05, 0) is 18.2 Å². The lowest BCUT2D eigenvalue weighted by Gasteiger charge is -2.36. The van der Waals surface area contributed by atoms with E-state index >= 15 is 0 Å². The van der Waals surface area contributed by atoms with E-state index in [-0.39, 0.29) is 18.7 Å². The first kappa shape index (κ1) is 17.1. The zero-order valence-electron chi connectivity index (χ0n) is 12.3. The summed E-state index contributed by atoms with van der Waals surface area (Å²) < 4.78 is 38.2. The Labute approximate surface area is 131 Å². The van der Waals surface area contributed by atoms with E-state index in [0.29, 0.717) is 31.9 Å². The van der Waals surface area contributed by atoms with Crippen LogP contribution in [0.15, 0.2) is 24.3 Å². The maximum atomic E-state index is 12.7. The molecule has 0 radical (unpaired) electrons. The monoisotopic (exact) mass is 330 g/mol. The number of carbonyl (C=O) groups excluding carboxylic acids is 1. The van der Waals surface area contributed by atoms with Crippen LogP contribution >= 0.6 is 0 Å². The Morgan fingerprint density at radius 3 is 2.30 bits per heavy atom. The number of alkyl halides is 3. The summed E-state index contributed by atoms with van der Waals surface area (Å²) in [6.07, 6.45) is -4.66. The molecule has 1 saturated heterocycles. The van der Waals surface area contributed by atoms with Gasteiger partial charge in [-0.3, -0.25) is 9.59 Å². The average molecular weight is 330 g/mol. The second-order valence-corrected chi connectivity index (χ2v) is 5.31. The van der Waals surface area contributed by atoms with Gasteiger partial charge >= 0.3 is 12.1 Å². The summed E-state index contributed by atoms with van der Waals surface area (Å²) in [5.41, 5.74) is -0.229. The minimum atomic E-state index is -4.38. The molecule has 1 heterocycles. The molecule has 5 nitrogen and oxygen atoms in total. The number of hydrogen-bond acceptors (Lipinski definition) is 3. The fraction of sp³-hybridized carbons (Fsp3) is 0.467. The number of hydrogen-bond donors (Lipinski definition) is 1. The molecule has 1 amide bonds. The van der Waals surface area contributed by atoms with Gasteiger partial charge in [-0.2, -0.15) is 13.2 Å². The van der Waals surface area contributed by atoms with Gasteiger partial charge in [-0.1, -0.05) is 6.07 Å². The molecule has 1 aromatic carbocycles. The highest BCUT2D eigenvalue weighted by Crippen LogP contribution is 2.31. The SMILES string of the molecule is O=C(O)CCC(=O)N1CCN(c2cccc(C(F)(F)F)c2)CC1. The van der Waals surface area contributed by atoms with Gasteiger partial charge in [-0.15, -0.1) is 0 Å². The molecule has 0 unspecified atom stereocenters. The number of amides is 1. The van der Waals surface area contributed by atoms with Gasteiger partial charge in [0, 0.05) is 38.3 Å². The summed E-state index contributed by atoms with van der Waals surface area (Å²) in [5.74, 6) is -1.27. The van der Waals surface area contributed by atoms with Crippen molar-refractivity contribution in [2.45, 2.75) is 19.0 Å². The molecule has 2 rings (SSSR count). The number of benzene rings is 1. The Kier molecular flexibility index (Phi) is 5.12. The highest BCUT2D eigenvalue weighted by atomic mass is 19.4. The minimum Gasteiger partial charge on any atom is -0.481 e. The fourth-order valence-corrected chi connectivity index (χ4v) is 2.46. The summed E-state index contributed by atoms with van der Waals surface area (Å²) >= 11 is 0. The molecule has 0 aromatic heterocycles. The molecule has 0 bridgehead atoms. The van der Waals surface area contributed by atoms with Crippen LogP contribution in [0.5, 0.6) is 0 Å². The first-order valence-corrected chi connectivity index (χ1v) is 7.19. The number of carbonyl (C=O) groups is 2. The molecule has 8 heteroatoms. The maximum Gasteiger partial charge on any atom is 0.416 e. The van der Waals surface area contributed by atoms with E-state index < -0.39 is 17.7 Å². The lowest BCUT2D eigenvalue weighted by molar-refractivity contribution is -0.141. The highest BCUT2D eigenvalue weighted by molar-refractivity contribution is 5.81. The number of carboxylic acids is 1. The Balaban J connectivity index is 1.94. The second kappa shape index (κ2) is 6.89. The van der Waals surface area contributed by atoms with Crippen LogP contribution in [0.25, 0.3) is 0 Å². The van der Waals surface area contributed by atoms with Crippen molar-refractivity contribution >= 4 is 17.6 Å². The van der Waals surface area contributed by atoms with E-state index in [1.165, 1.54) is 6.07 Å². The van der Waals surface area contributed by atoms with Crippen molar-refractivity contribution in [1.82, 2.24) is 4.90 Å². The van der Waals surface area contributed by atoms with Crippen LogP contribution in [0.4, 0.5) is 18.9 Å². The normalized spacial score (nSPS) is 15.6. The molecular weight excluding hydrogens is 313 g/mol. The third-order valence-corrected chi connectivity index (χ3v) is 3.72. The highest BCUT2D eigenvalue weighted by Gasteiger charge is 2.31. The quantitative estimate of drug-likeness (QED) is 0.920. The Morgan fingerprint density at radius 1 is 1.09 bits per heavy atom. The van der Waals surface area contributed by atoms with Crippen molar-refractivity contribution in [1.29, 1.82) is 0 Å². The molecule has 0 saturated carbocycles. The van der Waals surface area contributed by atoms with E-state index in [1.54, 1.807) is 15.9 Å². The Bertz CT molecular complexity index is 582. The molecular formula is C15H17F3N2O3. The van der Waals surface area contributed by atoms with E-state index in [9.17, 15) is 22.8 Å². The number of anilines is 1. The number of nitrogens with zero attached hydrogens (tertiary/aromatic N) is 2. The molecule has 0 spiro atoms. The van der Waals surface area contributed by atoms with E-state index in [0.717, 1.165) is 12.1 Å². The van der Waals surface area contributed by atoms with Gasteiger partial charge in [0.2, 0.25) is 5.91 Å². The Hall–Kier alpha value is -2.25. The number of halogens is 3. The molecule has 0 aliphatic carbocycles. The Morgan fingerprint density at radius 2 is 1.74 bits per heavy atom. The predicted octanol–water partition coefficient (Wildman–Crippen LogP) is 2.22. The molecule has 1 aliphatic heterocycles. The first-order valence-electron chi connectivity index (χ1n) is 7.19. The third-order valence-electron chi connectivity index (χ3n) is 3.72. The zero-order chi connectivity index (χ0) is 17.0. The van der Waals surface area contributed by atoms with Crippen LogP contribution in [0.2, 0.25) is 0 Å². The number of carboxylic acid groups (broad SMARTS) is 1. The maximum absolute atomic E-state index is 12.7. The van der Waals surface area contributed by atoms with Crippen LogP contribution in [-0.2, 0) is 15.8 Å². The van der Waals surface area contributed by atoms with Gasteiger partial charge in [0.1, 0.15) is 0 Å². The molecule has 0 atom stereocenters. The topological polar surface area (TPSA) is 60.9 Å². The van der Waals surface area contributed by atoms with Crippen molar-refractivity contribution in [3.63, 3.8) is 0 Å². The molecule has 1 aromatic rings. The fourth-order valence-electron chi connectivity index (χ4n) is 2.46. The number of piperazine rings is 1.